The number of benzene rings is 1. The number of pyridine rings is 1. The van der Waals surface area contributed by atoms with E-state index in [1.807, 2.05) is 19.1 Å². The van der Waals surface area contributed by atoms with Crippen molar-refractivity contribution in [2.45, 2.75) is 13.0 Å². The summed E-state index contributed by atoms with van der Waals surface area (Å²) in [6, 6.07) is 6.92. The molecule has 1 aromatic heterocycles. The highest BCUT2D eigenvalue weighted by Gasteiger charge is 2.15. The van der Waals surface area contributed by atoms with Crippen molar-refractivity contribution in [1.29, 1.82) is 0 Å². The molecule has 0 aliphatic heterocycles. The van der Waals surface area contributed by atoms with Crippen molar-refractivity contribution in [2.75, 3.05) is 0 Å². The van der Waals surface area contributed by atoms with Crippen molar-refractivity contribution < 1.29 is 9.50 Å². The van der Waals surface area contributed by atoms with Crippen LogP contribution in [-0.2, 0) is 0 Å². The van der Waals surface area contributed by atoms with Gasteiger partial charge in [-0.05, 0) is 30.2 Å². The summed E-state index contributed by atoms with van der Waals surface area (Å²) < 4.78 is 14.4. The van der Waals surface area contributed by atoms with Gasteiger partial charge in [-0.3, -0.25) is 4.98 Å². The first-order valence-electron chi connectivity index (χ1n) is 5.13. The van der Waals surface area contributed by atoms with E-state index in [0.717, 1.165) is 16.2 Å². The van der Waals surface area contributed by atoms with E-state index in [9.17, 15) is 9.50 Å². The lowest BCUT2D eigenvalue weighted by molar-refractivity contribution is 0.214. The zero-order chi connectivity index (χ0) is 12.4. The molecule has 2 rings (SSSR count). The van der Waals surface area contributed by atoms with Gasteiger partial charge in [-0.1, -0.05) is 28.1 Å². The maximum absolute atomic E-state index is 13.5. The third kappa shape index (κ3) is 2.53. The summed E-state index contributed by atoms with van der Waals surface area (Å²) >= 11 is 3.38. The number of nitrogens with zero attached hydrogens (tertiary/aromatic N) is 1. The van der Waals surface area contributed by atoms with Gasteiger partial charge in [0.15, 0.2) is 0 Å². The standard InChI is InChI=1S/C13H11BrFNO/c1-8-6-9(2-3-11(8)14)13(17)10-4-5-16-7-12(10)15/h2-7,13,17H,1H3. The minimum absolute atomic E-state index is 0.238. The highest BCUT2D eigenvalue weighted by Crippen LogP contribution is 2.26. The minimum atomic E-state index is -0.968. The molecule has 0 saturated heterocycles. The van der Waals surface area contributed by atoms with E-state index in [-0.39, 0.29) is 5.56 Å². The first kappa shape index (κ1) is 12.2. The highest BCUT2D eigenvalue weighted by molar-refractivity contribution is 9.10. The van der Waals surface area contributed by atoms with E-state index >= 15 is 0 Å². The summed E-state index contributed by atoms with van der Waals surface area (Å²) in [5.74, 6) is -0.499. The summed E-state index contributed by atoms with van der Waals surface area (Å²) in [5, 5.41) is 10.1. The third-order valence-corrected chi connectivity index (χ3v) is 3.49. The molecular formula is C13H11BrFNO. The van der Waals surface area contributed by atoms with Crippen LogP contribution in [0.5, 0.6) is 0 Å². The van der Waals surface area contributed by atoms with E-state index in [4.69, 9.17) is 0 Å². The van der Waals surface area contributed by atoms with Gasteiger partial charge in [0.25, 0.3) is 0 Å². The van der Waals surface area contributed by atoms with Crippen LogP contribution in [0.2, 0.25) is 0 Å². The number of aliphatic hydroxyl groups is 1. The van der Waals surface area contributed by atoms with Crippen LogP contribution in [0.3, 0.4) is 0 Å². The first-order valence-corrected chi connectivity index (χ1v) is 5.92. The molecule has 0 radical (unpaired) electrons. The molecule has 2 nitrogen and oxygen atoms in total. The normalized spacial score (nSPS) is 12.5. The van der Waals surface area contributed by atoms with Crippen molar-refractivity contribution in [3.8, 4) is 0 Å². The molecule has 4 heteroatoms. The minimum Gasteiger partial charge on any atom is -0.384 e. The number of rotatable bonds is 2. The molecule has 1 unspecified atom stereocenters. The van der Waals surface area contributed by atoms with Gasteiger partial charge in [0.1, 0.15) is 11.9 Å². The number of halogens is 2. The fourth-order valence-electron chi connectivity index (χ4n) is 1.63. The van der Waals surface area contributed by atoms with Crippen molar-refractivity contribution in [1.82, 2.24) is 4.98 Å². The molecule has 0 aliphatic carbocycles. The Kier molecular flexibility index (Phi) is 3.54. The molecule has 1 atom stereocenters. The van der Waals surface area contributed by atoms with Gasteiger partial charge in [0.05, 0.1) is 6.20 Å². The maximum Gasteiger partial charge on any atom is 0.147 e. The Labute approximate surface area is 107 Å². The summed E-state index contributed by atoms with van der Waals surface area (Å²) in [4.78, 5) is 3.66. The average Bonchev–Trinajstić information content (AvgIpc) is 2.32. The quantitative estimate of drug-likeness (QED) is 0.921. The molecule has 1 N–H and O–H groups in total. The van der Waals surface area contributed by atoms with Crippen LogP contribution in [0.15, 0.2) is 41.1 Å². The van der Waals surface area contributed by atoms with Crippen LogP contribution in [0, 0.1) is 12.7 Å². The molecule has 0 bridgehead atoms. The molecule has 0 amide bonds. The fraction of sp³-hybridized carbons (Fsp3) is 0.154. The molecule has 1 aromatic carbocycles. The Bertz CT molecular complexity index is 545. The van der Waals surface area contributed by atoms with Crippen molar-refractivity contribution in [3.63, 3.8) is 0 Å². The van der Waals surface area contributed by atoms with E-state index in [2.05, 4.69) is 20.9 Å². The zero-order valence-electron chi connectivity index (χ0n) is 9.19. The molecule has 1 heterocycles. The molecule has 88 valence electrons. The molecular weight excluding hydrogens is 285 g/mol. The van der Waals surface area contributed by atoms with Crippen LogP contribution in [0.1, 0.15) is 22.8 Å². The van der Waals surface area contributed by atoms with Gasteiger partial charge < -0.3 is 5.11 Å². The van der Waals surface area contributed by atoms with Crippen LogP contribution in [0.25, 0.3) is 0 Å². The van der Waals surface area contributed by atoms with E-state index in [1.165, 1.54) is 12.3 Å². The van der Waals surface area contributed by atoms with Crippen LogP contribution >= 0.6 is 15.9 Å². The second-order valence-electron chi connectivity index (χ2n) is 3.81. The monoisotopic (exact) mass is 295 g/mol. The van der Waals surface area contributed by atoms with E-state index in [0.29, 0.717) is 5.56 Å². The van der Waals surface area contributed by atoms with Crippen LogP contribution < -0.4 is 0 Å². The second kappa shape index (κ2) is 4.94. The third-order valence-electron chi connectivity index (χ3n) is 2.60. The first-order chi connectivity index (χ1) is 8.09. The van der Waals surface area contributed by atoms with Crippen LogP contribution in [0.4, 0.5) is 4.39 Å². The van der Waals surface area contributed by atoms with Gasteiger partial charge >= 0.3 is 0 Å². The molecule has 0 aliphatic rings. The number of hydrogen-bond acceptors (Lipinski definition) is 2. The Morgan fingerprint density at radius 2 is 2.12 bits per heavy atom. The predicted molar refractivity (Wildman–Crippen MR) is 67.1 cm³/mol. The van der Waals surface area contributed by atoms with Gasteiger partial charge in [0.2, 0.25) is 0 Å². The summed E-state index contributed by atoms with van der Waals surface area (Å²) in [5.41, 5.74) is 1.90. The lowest BCUT2D eigenvalue weighted by Crippen LogP contribution is -2.03. The Balaban J connectivity index is 2.40. The van der Waals surface area contributed by atoms with Crippen molar-refractivity contribution in [2.24, 2.45) is 0 Å². The predicted octanol–water partition coefficient (Wildman–Crippen LogP) is 3.37. The van der Waals surface area contributed by atoms with E-state index < -0.39 is 11.9 Å². The zero-order valence-corrected chi connectivity index (χ0v) is 10.8. The van der Waals surface area contributed by atoms with Gasteiger partial charge in [-0.15, -0.1) is 0 Å². The molecule has 2 aromatic rings. The maximum atomic E-state index is 13.5. The summed E-state index contributed by atoms with van der Waals surface area (Å²) in [6.07, 6.45) is 1.60. The lowest BCUT2D eigenvalue weighted by Gasteiger charge is -2.13. The smallest absolute Gasteiger partial charge is 0.147 e. The Morgan fingerprint density at radius 1 is 1.35 bits per heavy atom. The van der Waals surface area contributed by atoms with Crippen LogP contribution in [-0.4, -0.2) is 10.1 Å². The SMILES string of the molecule is Cc1cc(C(O)c2ccncc2F)ccc1Br. The molecule has 0 spiro atoms. The van der Waals surface area contributed by atoms with Gasteiger partial charge in [-0.2, -0.15) is 0 Å². The lowest BCUT2D eigenvalue weighted by atomic mass is 10.0. The summed E-state index contributed by atoms with van der Waals surface area (Å²) in [6.45, 7) is 1.92. The second-order valence-corrected chi connectivity index (χ2v) is 4.66. The average molecular weight is 296 g/mol. The molecule has 0 fully saturated rings. The number of hydrogen-bond donors (Lipinski definition) is 1. The van der Waals surface area contributed by atoms with Crippen molar-refractivity contribution >= 4 is 15.9 Å². The highest BCUT2D eigenvalue weighted by atomic mass is 79.9. The largest absolute Gasteiger partial charge is 0.384 e. The number of aryl methyl sites for hydroxylation is 1. The van der Waals surface area contributed by atoms with E-state index in [1.54, 1.807) is 6.07 Å². The summed E-state index contributed by atoms with van der Waals surface area (Å²) in [7, 11) is 0. The number of aromatic nitrogens is 1. The number of aliphatic hydroxyl groups excluding tert-OH is 1. The molecule has 0 saturated carbocycles. The van der Waals surface area contributed by atoms with Gasteiger partial charge in [-0.25, -0.2) is 4.39 Å². The molecule has 17 heavy (non-hydrogen) atoms. The Hall–Kier alpha value is -1.26. The van der Waals surface area contributed by atoms with Gasteiger partial charge in [0, 0.05) is 16.2 Å². The Morgan fingerprint density at radius 3 is 2.76 bits per heavy atom. The van der Waals surface area contributed by atoms with Crippen molar-refractivity contribution in [3.05, 3.63) is 63.6 Å². The fourth-order valence-corrected chi connectivity index (χ4v) is 1.87. The topological polar surface area (TPSA) is 33.1 Å².